The second-order valence-corrected chi connectivity index (χ2v) is 6.93. The molecule has 0 bridgehead atoms. The van der Waals surface area contributed by atoms with Gasteiger partial charge in [0.05, 0.1) is 11.7 Å². The van der Waals surface area contributed by atoms with Gasteiger partial charge < -0.3 is 4.90 Å². The van der Waals surface area contributed by atoms with Gasteiger partial charge in [-0.15, -0.1) is 11.3 Å². The van der Waals surface area contributed by atoms with E-state index in [0.717, 1.165) is 10.4 Å². The Hall–Kier alpha value is -2.18. The van der Waals surface area contributed by atoms with Gasteiger partial charge in [-0.25, -0.2) is 4.98 Å². The molecule has 2 heterocycles. The lowest BCUT2D eigenvalue weighted by atomic mass is 10.2. The SMILES string of the molecule is CCN(Cc1ccccc1Cl)C(=O)CCn1cnc2sccc2c1=O. The first-order valence-corrected chi connectivity index (χ1v) is 9.29. The number of rotatable bonds is 6. The van der Waals surface area contributed by atoms with Crippen LogP contribution in [0, 0.1) is 0 Å². The fourth-order valence-electron chi connectivity index (χ4n) is 2.64. The molecule has 0 aliphatic heterocycles. The molecule has 25 heavy (non-hydrogen) atoms. The van der Waals surface area contributed by atoms with Crippen molar-refractivity contribution in [1.29, 1.82) is 0 Å². The monoisotopic (exact) mass is 375 g/mol. The topological polar surface area (TPSA) is 55.2 Å². The van der Waals surface area contributed by atoms with Crippen molar-refractivity contribution < 1.29 is 4.79 Å². The summed E-state index contributed by atoms with van der Waals surface area (Å²) in [7, 11) is 0. The van der Waals surface area contributed by atoms with E-state index in [0.29, 0.717) is 30.0 Å². The van der Waals surface area contributed by atoms with Crippen LogP contribution in [0.5, 0.6) is 0 Å². The first-order chi connectivity index (χ1) is 12.1. The van der Waals surface area contributed by atoms with Gasteiger partial charge in [-0.1, -0.05) is 29.8 Å². The molecule has 7 heteroatoms. The van der Waals surface area contributed by atoms with Crippen LogP contribution in [0.3, 0.4) is 0 Å². The molecule has 130 valence electrons. The van der Waals surface area contributed by atoms with Crippen LogP contribution in [0.1, 0.15) is 18.9 Å². The molecule has 0 unspecified atom stereocenters. The van der Waals surface area contributed by atoms with E-state index in [1.807, 2.05) is 36.6 Å². The van der Waals surface area contributed by atoms with Gasteiger partial charge in [0.2, 0.25) is 5.91 Å². The van der Waals surface area contributed by atoms with Gasteiger partial charge in [0, 0.05) is 31.1 Å². The molecular weight excluding hydrogens is 358 g/mol. The number of amides is 1. The van der Waals surface area contributed by atoms with E-state index >= 15 is 0 Å². The minimum Gasteiger partial charge on any atom is -0.339 e. The van der Waals surface area contributed by atoms with E-state index in [-0.39, 0.29) is 17.9 Å². The predicted molar refractivity (Wildman–Crippen MR) is 101 cm³/mol. The minimum absolute atomic E-state index is 0.0141. The standard InChI is InChI=1S/C18H18ClN3O2S/c1-2-21(11-13-5-3-4-6-15(13)19)16(23)7-9-22-12-20-17-14(18(22)24)8-10-25-17/h3-6,8,10,12H,2,7,9,11H2,1H3. The Morgan fingerprint density at radius 2 is 2.12 bits per heavy atom. The third kappa shape index (κ3) is 3.91. The van der Waals surface area contributed by atoms with Crippen molar-refractivity contribution in [2.75, 3.05) is 6.54 Å². The normalized spacial score (nSPS) is 11.0. The summed E-state index contributed by atoms with van der Waals surface area (Å²) in [6.07, 6.45) is 1.76. The van der Waals surface area contributed by atoms with Crippen molar-refractivity contribution >= 4 is 39.1 Å². The van der Waals surface area contributed by atoms with Crippen LogP contribution in [0.25, 0.3) is 10.2 Å². The average Bonchev–Trinajstić information content (AvgIpc) is 3.10. The highest BCUT2D eigenvalue weighted by molar-refractivity contribution is 7.16. The Balaban J connectivity index is 1.68. The number of fused-ring (bicyclic) bond motifs is 1. The van der Waals surface area contributed by atoms with Gasteiger partial charge in [0.25, 0.3) is 5.56 Å². The van der Waals surface area contributed by atoms with Crippen molar-refractivity contribution in [3.8, 4) is 0 Å². The predicted octanol–water partition coefficient (Wildman–Crippen LogP) is 3.55. The Labute approximate surface area is 154 Å². The van der Waals surface area contributed by atoms with E-state index in [9.17, 15) is 9.59 Å². The fourth-order valence-corrected chi connectivity index (χ4v) is 3.55. The minimum atomic E-state index is -0.104. The summed E-state index contributed by atoms with van der Waals surface area (Å²) in [4.78, 5) is 31.6. The summed E-state index contributed by atoms with van der Waals surface area (Å²) < 4.78 is 1.50. The Bertz CT molecular complexity index is 951. The van der Waals surface area contributed by atoms with E-state index in [2.05, 4.69) is 4.98 Å². The fraction of sp³-hybridized carbons (Fsp3) is 0.278. The molecule has 1 amide bonds. The molecule has 0 saturated heterocycles. The van der Waals surface area contributed by atoms with Gasteiger partial charge in [0.15, 0.2) is 0 Å². The lowest BCUT2D eigenvalue weighted by molar-refractivity contribution is -0.131. The number of hydrogen-bond acceptors (Lipinski definition) is 4. The van der Waals surface area contributed by atoms with Crippen LogP contribution in [0.2, 0.25) is 5.02 Å². The maximum absolute atomic E-state index is 12.5. The lowest BCUT2D eigenvalue weighted by Crippen LogP contribution is -2.32. The van der Waals surface area contributed by atoms with Crippen LogP contribution in [-0.4, -0.2) is 26.9 Å². The second-order valence-electron chi connectivity index (χ2n) is 5.63. The van der Waals surface area contributed by atoms with Gasteiger partial charge in [-0.05, 0) is 30.0 Å². The van der Waals surface area contributed by atoms with E-state index in [4.69, 9.17) is 11.6 Å². The van der Waals surface area contributed by atoms with Gasteiger partial charge in [-0.3, -0.25) is 14.2 Å². The Morgan fingerprint density at radius 3 is 2.88 bits per heavy atom. The van der Waals surface area contributed by atoms with Crippen molar-refractivity contribution in [3.63, 3.8) is 0 Å². The molecule has 1 aromatic carbocycles. The van der Waals surface area contributed by atoms with Crippen molar-refractivity contribution in [2.45, 2.75) is 26.4 Å². The van der Waals surface area contributed by atoms with Crippen molar-refractivity contribution in [1.82, 2.24) is 14.5 Å². The number of nitrogens with zero attached hydrogens (tertiary/aromatic N) is 3. The highest BCUT2D eigenvalue weighted by Crippen LogP contribution is 2.17. The Morgan fingerprint density at radius 1 is 1.32 bits per heavy atom. The number of halogens is 1. The van der Waals surface area contributed by atoms with Gasteiger partial charge in [-0.2, -0.15) is 0 Å². The molecular formula is C18H18ClN3O2S. The third-order valence-corrected chi connectivity index (χ3v) is 5.26. The van der Waals surface area contributed by atoms with Crippen molar-refractivity contribution in [2.24, 2.45) is 0 Å². The van der Waals surface area contributed by atoms with Crippen LogP contribution in [0.15, 0.2) is 46.8 Å². The number of aryl methyl sites for hydroxylation is 1. The number of thiophene rings is 1. The Kier molecular flexibility index (Phi) is 5.50. The smallest absolute Gasteiger partial charge is 0.262 e. The first-order valence-electron chi connectivity index (χ1n) is 8.04. The van der Waals surface area contributed by atoms with Crippen molar-refractivity contribution in [3.05, 3.63) is 63.0 Å². The van der Waals surface area contributed by atoms with E-state index < -0.39 is 0 Å². The molecule has 3 aromatic rings. The van der Waals surface area contributed by atoms with E-state index in [1.54, 1.807) is 11.0 Å². The number of carbonyl (C=O) groups is 1. The quantitative estimate of drug-likeness (QED) is 0.662. The van der Waals surface area contributed by atoms with Crippen LogP contribution in [0.4, 0.5) is 0 Å². The molecule has 0 aliphatic rings. The molecule has 0 radical (unpaired) electrons. The molecule has 0 atom stereocenters. The molecule has 0 saturated carbocycles. The second kappa shape index (κ2) is 7.80. The van der Waals surface area contributed by atoms with Crippen LogP contribution < -0.4 is 5.56 Å². The summed E-state index contributed by atoms with van der Waals surface area (Å²) in [5, 5.41) is 3.09. The number of hydrogen-bond donors (Lipinski definition) is 0. The molecule has 0 aliphatic carbocycles. The highest BCUT2D eigenvalue weighted by atomic mass is 35.5. The summed E-state index contributed by atoms with van der Waals surface area (Å²) >= 11 is 7.61. The summed E-state index contributed by atoms with van der Waals surface area (Å²) in [6.45, 7) is 3.29. The number of benzene rings is 1. The van der Waals surface area contributed by atoms with Crippen LogP contribution in [-0.2, 0) is 17.9 Å². The highest BCUT2D eigenvalue weighted by Gasteiger charge is 2.14. The zero-order chi connectivity index (χ0) is 17.8. The molecule has 0 N–H and O–H groups in total. The lowest BCUT2D eigenvalue weighted by Gasteiger charge is -2.21. The summed E-state index contributed by atoms with van der Waals surface area (Å²) in [5.74, 6) is -0.0141. The summed E-state index contributed by atoms with van der Waals surface area (Å²) in [5.41, 5.74) is 0.811. The zero-order valence-electron chi connectivity index (χ0n) is 13.8. The average molecular weight is 376 g/mol. The third-order valence-electron chi connectivity index (χ3n) is 4.07. The zero-order valence-corrected chi connectivity index (χ0v) is 15.4. The molecule has 0 fully saturated rings. The van der Waals surface area contributed by atoms with Gasteiger partial charge in [0.1, 0.15) is 4.83 Å². The van der Waals surface area contributed by atoms with E-state index in [1.165, 1.54) is 22.2 Å². The molecule has 3 rings (SSSR count). The molecule has 0 spiro atoms. The molecule has 2 aromatic heterocycles. The van der Waals surface area contributed by atoms with Crippen LogP contribution >= 0.6 is 22.9 Å². The number of aromatic nitrogens is 2. The maximum atomic E-state index is 12.5. The largest absolute Gasteiger partial charge is 0.339 e. The number of carbonyl (C=O) groups excluding carboxylic acids is 1. The van der Waals surface area contributed by atoms with Gasteiger partial charge >= 0.3 is 0 Å². The first kappa shape index (κ1) is 17.6. The maximum Gasteiger partial charge on any atom is 0.262 e. The summed E-state index contributed by atoms with van der Waals surface area (Å²) in [6, 6.07) is 9.27. The molecule has 5 nitrogen and oxygen atoms in total.